The molecule has 1 saturated carbocycles. The minimum Gasteiger partial charge on any atom is -0.375 e. The fraction of sp³-hybridized carbons (Fsp3) is 1.00. The predicted molar refractivity (Wildman–Crippen MR) is 74.4 cm³/mol. The summed E-state index contributed by atoms with van der Waals surface area (Å²) in [5, 5.41) is 3.49. The van der Waals surface area contributed by atoms with E-state index >= 15 is 0 Å². The first-order chi connectivity index (χ1) is 8.18. The van der Waals surface area contributed by atoms with Crippen LogP contribution in [0.4, 0.5) is 0 Å². The van der Waals surface area contributed by atoms with Crippen molar-refractivity contribution in [3.8, 4) is 0 Å². The highest BCUT2D eigenvalue weighted by Gasteiger charge is 2.37. The Hall–Kier alpha value is -0.0800. The molecule has 0 aromatic rings. The molecule has 1 aliphatic rings. The van der Waals surface area contributed by atoms with Gasteiger partial charge in [0.05, 0.1) is 5.60 Å². The van der Waals surface area contributed by atoms with Gasteiger partial charge in [-0.05, 0) is 64.0 Å². The molecule has 0 aliphatic heterocycles. The van der Waals surface area contributed by atoms with Crippen molar-refractivity contribution in [3.63, 3.8) is 0 Å². The van der Waals surface area contributed by atoms with E-state index in [0.29, 0.717) is 0 Å². The number of hydrogen-bond acceptors (Lipinski definition) is 2. The van der Waals surface area contributed by atoms with E-state index in [1.807, 2.05) is 0 Å². The van der Waals surface area contributed by atoms with Gasteiger partial charge in [-0.3, -0.25) is 0 Å². The molecular weight excluding hydrogens is 210 g/mol. The van der Waals surface area contributed by atoms with E-state index in [1.165, 1.54) is 44.9 Å². The molecule has 2 heteroatoms. The molecule has 0 bridgehead atoms. The van der Waals surface area contributed by atoms with Gasteiger partial charge >= 0.3 is 0 Å². The maximum Gasteiger partial charge on any atom is 0.0694 e. The zero-order chi connectivity index (χ0) is 12.6. The van der Waals surface area contributed by atoms with Crippen molar-refractivity contribution in [2.45, 2.75) is 71.3 Å². The Bertz CT molecular complexity index is 187. The van der Waals surface area contributed by atoms with Gasteiger partial charge in [-0.15, -0.1) is 0 Å². The Balaban J connectivity index is 2.08. The van der Waals surface area contributed by atoms with E-state index < -0.39 is 0 Å². The lowest BCUT2D eigenvalue weighted by molar-refractivity contribution is -0.105. The second kappa shape index (κ2) is 8.10. The maximum absolute atomic E-state index is 6.16. The first kappa shape index (κ1) is 15.0. The molecule has 0 aromatic heterocycles. The highest BCUT2D eigenvalue weighted by Crippen LogP contribution is 2.38. The molecule has 0 atom stereocenters. The van der Waals surface area contributed by atoms with E-state index in [0.717, 1.165) is 25.6 Å². The van der Waals surface area contributed by atoms with Gasteiger partial charge in [0.1, 0.15) is 0 Å². The molecule has 0 aromatic carbocycles. The highest BCUT2D eigenvalue weighted by molar-refractivity contribution is 4.90. The van der Waals surface area contributed by atoms with Gasteiger partial charge in [-0.1, -0.05) is 20.8 Å². The highest BCUT2D eigenvalue weighted by atomic mass is 16.5. The lowest BCUT2D eigenvalue weighted by atomic mass is 9.77. The Morgan fingerprint density at radius 2 is 2.00 bits per heavy atom. The fourth-order valence-corrected chi connectivity index (χ4v) is 2.44. The topological polar surface area (TPSA) is 21.3 Å². The maximum atomic E-state index is 6.16. The molecule has 1 aliphatic carbocycles. The molecule has 2 nitrogen and oxygen atoms in total. The molecule has 0 heterocycles. The molecule has 1 rings (SSSR count). The zero-order valence-corrected chi connectivity index (χ0v) is 12.1. The smallest absolute Gasteiger partial charge is 0.0694 e. The van der Waals surface area contributed by atoms with Crippen LogP contribution in [0.1, 0.15) is 65.7 Å². The largest absolute Gasteiger partial charge is 0.375 e. The minimum absolute atomic E-state index is 0.248. The lowest BCUT2D eigenvalue weighted by Crippen LogP contribution is -2.43. The van der Waals surface area contributed by atoms with E-state index in [9.17, 15) is 0 Å². The zero-order valence-electron chi connectivity index (χ0n) is 12.1. The summed E-state index contributed by atoms with van der Waals surface area (Å²) in [6.45, 7) is 10.0. The van der Waals surface area contributed by atoms with Gasteiger partial charge < -0.3 is 10.1 Å². The van der Waals surface area contributed by atoms with E-state index in [2.05, 4.69) is 26.1 Å². The normalized spacial score (nSPS) is 18.4. The fourth-order valence-electron chi connectivity index (χ4n) is 2.44. The molecule has 102 valence electrons. The summed E-state index contributed by atoms with van der Waals surface area (Å²) in [7, 11) is 0. The van der Waals surface area contributed by atoms with Crippen LogP contribution in [-0.2, 0) is 4.74 Å². The van der Waals surface area contributed by atoms with E-state index in [-0.39, 0.29) is 5.60 Å². The molecule has 1 N–H and O–H groups in total. The molecule has 0 radical (unpaired) electrons. The lowest BCUT2D eigenvalue weighted by Gasteiger charge is -2.42. The molecule has 0 saturated heterocycles. The third kappa shape index (κ3) is 5.87. The Morgan fingerprint density at radius 3 is 2.53 bits per heavy atom. The van der Waals surface area contributed by atoms with Crippen LogP contribution in [0, 0.1) is 5.92 Å². The van der Waals surface area contributed by atoms with Crippen molar-refractivity contribution < 1.29 is 4.74 Å². The van der Waals surface area contributed by atoms with Crippen LogP contribution >= 0.6 is 0 Å². The average molecular weight is 241 g/mol. The molecule has 0 amide bonds. The second-order valence-corrected chi connectivity index (χ2v) is 5.92. The van der Waals surface area contributed by atoms with E-state index in [1.54, 1.807) is 0 Å². The standard InChI is InChI=1S/C15H31NO/c1-4-11-16-12-10-15(8-6-9-15)17-13-5-7-14(2)3/h14,16H,4-13H2,1-3H3. The Morgan fingerprint density at radius 1 is 1.24 bits per heavy atom. The first-order valence-corrected chi connectivity index (χ1v) is 7.53. The molecule has 0 spiro atoms. The second-order valence-electron chi connectivity index (χ2n) is 5.92. The number of nitrogens with one attached hydrogen (secondary N) is 1. The van der Waals surface area contributed by atoms with Gasteiger partial charge in [0.2, 0.25) is 0 Å². The van der Waals surface area contributed by atoms with Crippen LogP contribution < -0.4 is 5.32 Å². The number of rotatable bonds is 10. The van der Waals surface area contributed by atoms with Crippen molar-refractivity contribution in [2.75, 3.05) is 19.7 Å². The Labute approximate surface area is 108 Å². The van der Waals surface area contributed by atoms with Crippen LogP contribution in [0.15, 0.2) is 0 Å². The predicted octanol–water partition coefficient (Wildman–Crippen LogP) is 3.75. The molecule has 0 unspecified atom stereocenters. The summed E-state index contributed by atoms with van der Waals surface area (Å²) in [5.74, 6) is 0.808. The average Bonchev–Trinajstić information content (AvgIpc) is 2.24. The summed E-state index contributed by atoms with van der Waals surface area (Å²) in [5.41, 5.74) is 0.248. The summed E-state index contributed by atoms with van der Waals surface area (Å²) in [6.07, 6.45) is 8.87. The molecular formula is C15H31NO. The van der Waals surface area contributed by atoms with Crippen molar-refractivity contribution >= 4 is 0 Å². The van der Waals surface area contributed by atoms with Crippen LogP contribution in [0.5, 0.6) is 0 Å². The van der Waals surface area contributed by atoms with Crippen LogP contribution in [-0.4, -0.2) is 25.3 Å². The SMILES string of the molecule is CCCNCCC1(OCCCC(C)C)CCC1. The summed E-state index contributed by atoms with van der Waals surface area (Å²) in [6, 6.07) is 0. The molecule has 17 heavy (non-hydrogen) atoms. The van der Waals surface area contributed by atoms with Gasteiger partial charge in [-0.25, -0.2) is 0 Å². The van der Waals surface area contributed by atoms with Gasteiger partial charge in [-0.2, -0.15) is 0 Å². The van der Waals surface area contributed by atoms with Crippen molar-refractivity contribution in [1.29, 1.82) is 0 Å². The third-order valence-corrected chi connectivity index (χ3v) is 3.78. The van der Waals surface area contributed by atoms with Crippen LogP contribution in [0.3, 0.4) is 0 Å². The quantitative estimate of drug-likeness (QED) is 0.588. The first-order valence-electron chi connectivity index (χ1n) is 7.53. The Kier molecular flexibility index (Phi) is 7.14. The van der Waals surface area contributed by atoms with Gasteiger partial charge in [0.25, 0.3) is 0 Å². The van der Waals surface area contributed by atoms with Gasteiger partial charge in [0, 0.05) is 6.61 Å². The van der Waals surface area contributed by atoms with Gasteiger partial charge in [0.15, 0.2) is 0 Å². The monoisotopic (exact) mass is 241 g/mol. The number of hydrogen-bond donors (Lipinski definition) is 1. The minimum atomic E-state index is 0.248. The van der Waals surface area contributed by atoms with Crippen molar-refractivity contribution in [1.82, 2.24) is 5.32 Å². The van der Waals surface area contributed by atoms with Crippen LogP contribution in [0.25, 0.3) is 0 Å². The summed E-state index contributed by atoms with van der Waals surface area (Å²) >= 11 is 0. The van der Waals surface area contributed by atoms with Crippen molar-refractivity contribution in [3.05, 3.63) is 0 Å². The number of ether oxygens (including phenoxy) is 1. The molecule has 1 fully saturated rings. The van der Waals surface area contributed by atoms with E-state index in [4.69, 9.17) is 4.74 Å². The summed E-state index contributed by atoms with van der Waals surface area (Å²) < 4.78 is 6.16. The summed E-state index contributed by atoms with van der Waals surface area (Å²) in [4.78, 5) is 0. The van der Waals surface area contributed by atoms with Crippen LogP contribution in [0.2, 0.25) is 0 Å². The van der Waals surface area contributed by atoms with Crippen molar-refractivity contribution in [2.24, 2.45) is 5.92 Å². The third-order valence-electron chi connectivity index (χ3n) is 3.78.